The normalized spacial score (nSPS) is 11.9. The van der Waals surface area contributed by atoms with Gasteiger partial charge in [0, 0.05) is 17.8 Å². The first kappa shape index (κ1) is 9.06. The molecule has 14 heavy (non-hydrogen) atoms. The van der Waals surface area contributed by atoms with E-state index in [1.165, 1.54) is 0 Å². The van der Waals surface area contributed by atoms with E-state index in [9.17, 15) is 0 Å². The van der Waals surface area contributed by atoms with Crippen LogP contribution in [0.2, 0.25) is 0 Å². The van der Waals surface area contributed by atoms with Gasteiger partial charge in [-0.1, -0.05) is 20.8 Å². The van der Waals surface area contributed by atoms with Crippen molar-refractivity contribution in [1.82, 2.24) is 9.97 Å². The fraction of sp³-hybridized carbons (Fsp3) is 0.364. The Morgan fingerprint density at radius 1 is 1.29 bits per heavy atom. The maximum Gasteiger partial charge on any atom is 0.173 e. The number of hydrogen-bond donors (Lipinski definition) is 1. The van der Waals surface area contributed by atoms with E-state index < -0.39 is 0 Å². The lowest BCUT2D eigenvalue weighted by Gasteiger charge is -2.13. The Kier molecular flexibility index (Phi) is 1.95. The highest BCUT2D eigenvalue weighted by atomic mass is 16.3. The Bertz CT molecular complexity index is 407. The quantitative estimate of drug-likeness (QED) is 0.751. The summed E-state index contributed by atoms with van der Waals surface area (Å²) < 4.78 is 5.70. The second-order valence-electron chi connectivity index (χ2n) is 4.35. The number of aromatic amines is 1. The lowest BCUT2D eigenvalue weighted by atomic mass is 9.94. The molecule has 2 aromatic rings. The standard InChI is InChI=1S/C11H14N2O/c1-11(2,3)9-5-4-8(14-9)10-12-6-7-13-10/h4-7H,1-3H3,(H,12,13). The number of nitrogens with zero attached hydrogens (tertiary/aromatic N) is 1. The number of nitrogens with one attached hydrogen (secondary N) is 1. The van der Waals surface area contributed by atoms with Crippen molar-refractivity contribution in [2.24, 2.45) is 0 Å². The van der Waals surface area contributed by atoms with E-state index >= 15 is 0 Å². The van der Waals surface area contributed by atoms with E-state index in [-0.39, 0.29) is 5.41 Å². The van der Waals surface area contributed by atoms with Crippen LogP contribution in [0.25, 0.3) is 11.6 Å². The van der Waals surface area contributed by atoms with E-state index in [1.807, 2.05) is 12.1 Å². The lowest BCUT2D eigenvalue weighted by molar-refractivity contribution is 0.415. The van der Waals surface area contributed by atoms with Crippen molar-refractivity contribution >= 4 is 0 Å². The highest BCUT2D eigenvalue weighted by Crippen LogP contribution is 2.27. The molecule has 0 fully saturated rings. The first-order chi connectivity index (χ1) is 6.57. The molecule has 0 unspecified atom stereocenters. The zero-order chi connectivity index (χ0) is 10.2. The predicted molar refractivity (Wildman–Crippen MR) is 55.0 cm³/mol. The van der Waals surface area contributed by atoms with Crippen LogP contribution in [-0.2, 0) is 5.41 Å². The molecule has 0 aromatic carbocycles. The molecule has 0 saturated carbocycles. The summed E-state index contributed by atoms with van der Waals surface area (Å²) in [6.45, 7) is 6.37. The fourth-order valence-corrected chi connectivity index (χ4v) is 1.27. The van der Waals surface area contributed by atoms with Crippen LogP contribution in [0.15, 0.2) is 28.9 Å². The molecule has 0 radical (unpaired) electrons. The van der Waals surface area contributed by atoms with Crippen LogP contribution in [0.1, 0.15) is 26.5 Å². The largest absolute Gasteiger partial charge is 0.457 e. The highest BCUT2D eigenvalue weighted by molar-refractivity contribution is 5.47. The Morgan fingerprint density at radius 3 is 2.57 bits per heavy atom. The van der Waals surface area contributed by atoms with E-state index in [0.717, 1.165) is 17.3 Å². The summed E-state index contributed by atoms with van der Waals surface area (Å²) in [6, 6.07) is 3.94. The summed E-state index contributed by atoms with van der Waals surface area (Å²) >= 11 is 0. The summed E-state index contributed by atoms with van der Waals surface area (Å²) in [6.07, 6.45) is 3.50. The van der Waals surface area contributed by atoms with Crippen molar-refractivity contribution in [1.29, 1.82) is 0 Å². The minimum absolute atomic E-state index is 0.0465. The van der Waals surface area contributed by atoms with Gasteiger partial charge in [0.05, 0.1) is 0 Å². The summed E-state index contributed by atoms with van der Waals surface area (Å²) in [5.74, 6) is 2.55. The van der Waals surface area contributed by atoms with Gasteiger partial charge >= 0.3 is 0 Å². The van der Waals surface area contributed by atoms with Gasteiger partial charge in [-0.25, -0.2) is 4.98 Å². The molecular formula is C11H14N2O. The SMILES string of the molecule is CC(C)(C)c1ccc(-c2ncc[nH]2)o1. The average Bonchev–Trinajstić information content (AvgIpc) is 2.73. The number of H-pyrrole nitrogens is 1. The summed E-state index contributed by atoms with van der Waals surface area (Å²) in [7, 11) is 0. The summed E-state index contributed by atoms with van der Waals surface area (Å²) in [4.78, 5) is 7.15. The summed E-state index contributed by atoms with van der Waals surface area (Å²) in [5, 5.41) is 0. The second-order valence-corrected chi connectivity index (χ2v) is 4.35. The Morgan fingerprint density at radius 2 is 2.07 bits per heavy atom. The number of aromatic nitrogens is 2. The average molecular weight is 190 g/mol. The van der Waals surface area contributed by atoms with Gasteiger partial charge in [-0.15, -0.1) is 0 Å². The molecule has 1 N–H and O–H groups in total. The maximum absolute atomic E-state index is 5.70. The van der Waals surface area contributed by atoms with E-state index in [0.29, 0.717) is 0 Å². The van der Waals surface area contributed by atoms with Crippen LogP contribution >= 0.6 is 0 Å². The summed E-state index contributed by atoms with van der Waals surface area (Å²) in [5.41, 5.74) is 0.0465. The first-order valence-corrected chi connectivity index (χ1v) is 4.67. The smallest absolute Gasteiger partial charge is 0.173 e. The predicted octanol–water partition coefficient (Wildman–Crippen LogP) is 2.97. The van der Waals surface area contributed by atoms with Crippen molar-refractivity contribution in [3.63, 3.8) is 0 Å². The topological polar surface area (TPSA) is 41.8 Å². The lowest BCUT2D eigenvalue weighted by Crippen LogP contribution is -2.08. The fourth-order valence-electron chi connectivity index (χ4n) is 1.27. The van der Waals surface area contributed by atoms with Gasteiger partial charge < -0.3 is 9.40 Å². The molecule has 74 valence electrons. The van der Waals surface area contributed by atoms with Crippen LogP contribution < -0.4 is 0 Å². The van der Waals surface area contributed by atoms with Crippen molar-refractivity contribution in [3.8, 4) is 11.6 Å². The van der Waals surface area contributed by atoms with Crippen LogP contribution in [0.4, 0.5) is 0 Å². The molecule has 2 aromatic heterocycles. The third-order valence-electron chi connectivity index (χ3n) is 2.08. The Hall–Kier alpha value is -1.51. The molecular weight excluding hydrogens is 176 g/mol. The zero-order valence-corrected chi connectivity index (χ0v) is 8.66. The molecule has 0 amide bonds. The van der Waals surface area contributed by atoms with Crippen LogP contribution in [0, 0.1) is 0 Å². The molecule has 3 nitrogen and oxygen atoms in total. The van der Waals surface area contributed by atoms with Crippen LogP contribution in [0.5, 0.6) is 0 Å². The molecule has 0 aliphatic rings. The van der Waals surface area contributed by atoms with Gasteiger partial charge in [0.1, 0.15) is 5.76 Å². The molecule has 3 heteroatoms. The molecule has 0 atom stereocenters. The minimum atomic E-state index is 0.0465. The maximum atomic E-state index is 5.70. The van der Waals surface area contributed by atoms with E-state index in [4.69, 9.17) is 4.42 Å². The van der Waals surface area contributed by atoms with Gasteiger partial charge in [0.15, 0.2) is 11.6 Å². The Labute approximate surface area is 83.2 Å². The Balaban J connectivity index is 2.36. The second kappa shape index (κ2) is 3.01. The van der Waals surface area contributed by atoms with Crippen molar-refractivity contribution < 1.29 is 4.42 Å². The number of rotatable bonds is 1. The molecule has 0 bridgehead atoms. The van der Waals surface area contributed by atoms with Crippen molar-refractivity contribution in [2.45, 2.75) is 26.2 Å². The molecule has 0 aliphatic carbocycles. The van der Waals surface area contributed by atoms with E-state index in [2.05, 4.69) is 30.7 Å². The first-order valence-electron chi connectivity index (χ1n) is 4.67. The molecule has 0 aliphatic heterocycles. The third kappa shape index (κ3) is 1.58. The van der Waals surface area contributed by atoms with Crippen LogP contribution in [-0.4, -0.2) is 9.97 Å². The van der Waals surface area contributed by atoms with Gasteiger partial charge in [0.2, 0.25) is 0 Å². The van der Waals surface area contributed by atoms with Gasteiger partial charge in [0.25, 0.3) is 0 Å². The molecule has 0 saturated heterocycles. The number of imidazole rings is 1. The van der Waals surface area contributed by atoms with Crippen molar-refractivity contribution in [3.05, 3.63) is 30.3 Å². The zero-order valence-electron chi connectivity index (χ0n) is 8.66. The van der Waals surface area contributed by atoms with Gasteiger partial charge in [-0.2, -0.15) is 0 Å². The molecule has 2 rings (SSSR count). The third-order valence-corrected chi connectivity index (χ3v) is 2.08. The molecule has 2 heterocycles. The number of hydrogen-bond acceptors (Lipinski definition) is 2. The van der Waals surface area contributed by atoms with Gasteiger partial charge in [-0.3, -0.25) is 0 Å². The van der Waals surface area contributed by atoms with E-state index in [1.54, 1.807) is 12.4 Å². The minimum Gasteiger partial charge on any atom is -0.457 e. The number of furan rings is 1. The van der Waals surface area contributed by atoms with Crippen LogP contribution in [0.3, 0.4) is 0 Å². The molecule has 0 spiro atoms. The highest BCUT2D eigenvalue weighted by Gasteiger charge is 2.18. The monoisotopic (exact) mass is 190 g/mol. The van der Waals surface area contributed by atoms with Crippen molar-refractivity contribution in [2.75, 3.05) is 0 Å². The van der Waals surface area contributed by atoms with Gasteiger partial charge in [-0.05, 0) is 12.1 Å².